The maximum absolute atomic E-state index is 14.3. The zero-order valence-electron chi connectivity index (χ0n) is 17.8. The van der Waals surface area contributed by atoms with Gasteiger partial charge in [0.25, 0.3) is 16.1 Å². The maximum atomic E-state index is 14.3. The molecule has 32 heavy (non-hydrogen) atoms. The highest BCUT2D eigenvalue weighted by Crippen LogP contribution is 2.44. The summed E-state index contributed by atoms with van der Waals surface area (Å²) in [4.78, 5) is 16.4. The number of para-hydroxylation sites is 2. The highest BCUT2D eigenvalue weighted by atomic mass is 32.2. The lowest BCUT2D eigenvalue weighted by Gasteiger charge is -2.12. The minimum absolute atomic E-state index is 0.00120. The van der Waals surface area contributed by atoms with Gasteiger partial charge in [-0.05, 0) is 43.3 Å². The van der Waals surface area contributed by atoms with Gasteiger partial charge >= 0.3 is 0 Å². The monoisotopic (exact) mass is 482 g/mol. The standard InChI is InChI=1S/C24H21FN3OS3/c1-4-28-22(14-21-27(3)23-15(25)8-7-11-18(23)31-21)32-19(24(28)29)12-13-20-26(2)16-9-5-6-10-17(16)30-20/h5-14H,4H2,1-3H3/q+1/b19-12-,20-13-. The minimum atomic E-state index is -0.236. The predicted molar refractivity (Wildman–Crippen MR) is 133 cm³/mol. The molecule has 4 nitrogen and oxygen atoms in total. The van der Waals surface area contributed by atoms with E-state index in [-0.39, 0.29) is 11.4 Å². The van der Waals surface area contributed by atoms with Crippen LogP contribution in [-0.4, -0.2) is 11.6 Å². The average Bonchev–Trinajstić information content (AvgIpc) is 3.39. The summed E-state index contributed by atoms with van der Waals surface area (Å²) in [6.07, 6.45) is 5.90. The SMILES string of the molecule is CCn1c(=O)/c(=C/C=C2\Sc3ccccc3N2C)s/c1=C\c1sc2cccc(F)c2[n+]1C. The molecule has 0 atom stereocenters. The second-order valence-corrected chi connectivity index (χ2v) is 10.6. The van der Waals surface area contributed by atoms with Crippen molar-refractivity contribution < 1.29 is 8.96 Å². The van der Waals surface area contributed by atoms with Gasteiger partial charge in [-0.3, -0.25) is 9.36 Å². The molecular weight excluding hydrogens is 461 g/mol. The van der Waals surface area contributed by atoms with E-state index in [2.05, 4.69) is 17.0 Å². The van der Waals surface area contributed by atoms with Crippen LogP contribution in [0.1, 0.15) is 11.9 Å². The molecule has 0 spiro atoms. The largest absolute Gasteiger partial charge is 0.338 e. The average molecular weight is 483 g/mol. The Morgan fingerprint density at radius 2 is 1.91 bits per heavy atom. The first-order chi connectivity index (χ1) is 15.5. The van der Waals surface area contributed by atoms with Gasteiger partial charge in [-0.1, -0.05) is 41.3 Å². The Bertz CT molecular complexity index is 1560. The number of halogens is 1. The number of thiazole rings is 2. The second-order valence-electron chi connectivity index (χ2n) is 7.38. The Balaban J connectivity index is 1.60. The normalized spacial score (nSPS) is 16.0. The topological polar surface area (TPSA) is 29.1 Å². The van der Waals surface area contributed by atoms with E-state index in [4.69, 9.17) is 0 Å². The Kier molecular flexibility index (Phi) is 5.53. The molecule has 0 saturated heterocycles. The van der Waals surface area contributed by atoms with E-state index >= 15 is 0 Å². The van der Waals surface area contributed by atoms with Crippen molar-refractivity contribution in [3.05, 3.63) is 83.9 Å². The molecule has 8 heteroatoms. The van der Waals surface area contributed by atoms with Crippen LogP contribution in [0.2, 0.25) is 0 Å². The van der Waals surface area contributed by atoms with Gasteiger partial charge in [-0.2, -0.15) is 8.96 Å². The Morgan fingerprint density at radius 3 is 2.66 bits per heavy atom. The molecule has 0 radical (unpaired) electrons. The third-order valence-electron chi connectivity index (χ3n) is 5.48. The molecule has 5 rings (SSSR count). The first-order valence-corrected chi connectivity index (χ1v) is 12.6. The van der Waals surface area contributed by atoms with Gasteiger partial charge < -0.3 is 4.90 Å². The zero-order chi connectivity index (χ0) is 22.4. The van der Waals surface area contributed by atoms with Gasteiger partial charge in [-0.15, -0.1) is 11.3 Å². The molecule has 3 heterocycles. The van der Waals surface area contributed by atoms with Crippen LogP contribution in [0.15, 0.2) is 63.3 Å². The van der Waals surface area contributed by atoms with Crippen LogP contribution in [0, 0.1) is 5.82 Å². The summed E-state index contributed by atoms with van der Waals surface area (Å²) >= 11 is 4.69. The Morgan fingerprint density at radius 1 is 1.09 bits per heavy atom. The summed E-state index contributed by atoms with van der Waals surface area (Å²) in [5, 5.41) is 1.99. The number of thioether (sulfide) groups is 1. The molecule has 1 aliphatic rings. The summed E-state index contributed by atoms with van der Waals surface area (Å²) in [5.41, 5.74) is 1.76. The lowest BCUT2D eigenvalue weighted by molar-refractivity contribution is -0.643. The van der Waals surface area contributed by atoms with E-state index in [1.165, 1.54) is 39.3 Å². The van der Waals surface area contributed by atoms with Crippen molar-refractivity contribution in [3.8, 4) is 0 Å². The first kappa shape index (κ1) is 21.2. The van der Waals surface area contributed by atoms with Crippen LogP contribution in [0.4, 0.5) is 10.1 Å². The molecule has 0 fully saturated rings. The molecular formula is C24H21FN3OS3+. The van der Waals surface area contributed by atoms with Gasteiger partial charge in [0.15, 0.2) is 5.82 Å². The summed E-state index contributed by atoms with van der Waals surface area (Å²) < 4.78 is 20.4. The molecule has 0 unspecified atom stereocenters. The zero-order valence-corrected chi connectivity index (χ0v) is 20.3. The van der Waals surface area contributed by atoms with Gasteiger partial charge in [0.05, 0.1) is 21.3 Å². The van der Waals surface area contributed by atoms with E-state index in [9.17, 15) is 9.18 Å². The number of hydrogen-bond acceptors (Lipinski definition) is 5. The number of aryl methyl sites for hydroxylation is 1. The first-order valence-electron chi connectivity index (χ1n) is 10.2. The summed E-state index contributed by atoms with van der Waals surface area (Å²) in [5.74, 6) is -0.236. The van der Waals surface area contributed by atoms with E-state index in [1.807, 2.05) is 62.0 Å². The molecule has 162 valence electrons. The van der Waals surface area contributed by atoms with E-state index in [1.54, 1.807) is 22.4 Å². The van der Waals surface area contributed by atoms with Crippen LogP contribution >= 0.6 is 34.4 Å². The molecule has 0 amide bonds. The number of allylic oxidation sites excluding steroid dienone is 1. The maximum Gasteiger partial charge on any atom is 0.269 e. The molecule has 0 bridgehead atoms. The predicted octanol–water partition coefficient (Wildman–Crippen LogP) is 3.80. The molecule has 1 aliphatic heterocycles. The number of hydrogen-bond donors (Lipinski definition) is 0. The van der Waals surface area contributed by atoms with Crippen molar-refractivity contribution in [1.29, 1.82) is 0 Å². The van der Waals surface area contributed by atoms with Gasteiger partial charge in [-0.25, -0.2) is 0 Å². The number of aromatic nitrogens is 2. The van der Waals surface area contributed by atoms with Gasteiger partial charge in [0, 0.05) is 18.5 Å². The highest BCUT2D eigenvalue weighted by molar-refractivity contribution is 8.03. The van der Waals surface area contributed by atoms with Crippen LogP contribution in [-0.2, 0) is 13.6 Å². The summed E-state index contributed by atoms with van der Waals surface area (Å²) in [7, 11) is 3.90. The quantitative estimate of drug-likeness (QED) is 0.416. The molecule has 0 aliphatic carbocycles. The fourth-order valence-corrected chi connectivity index (χ4v) is 7.08. The fraction of sp³-hybridized carbons (Fsp3) is 0.167. The number of rotatable bonds is 3. The summed E-state index contributed by atoms with van der Waals surface area (Å²) in [6, 6.07) is 13.4. The smallest absolute Gasteiger partial charge is 0.269 e. The van der Waals surface area contributed by atoms with E-state index in [0.717, 1.165) is 19.4 Å². The molecule has 2 aromatic carbocycles. The van der Waals surface area contributed by atoms with E-state index < -0.39 is 0 Å². The van der Waals surface area contributed by atoms with E-state index in [0.29, 0.717) is 16.6 Å². The van der Waals surface area contributed by atoms with Crippen molar-refractivity contribution >= 4 is 62.5 Å². The molecule has 4 aromatic rings. The second kappa shape index (κ2) is 8.35. The van der Waals surface area contributed by atoms with Crippen LogP contribution < -0.4 is 24.2 Å². The van der Waals surface area contributed by atoms with Crippen LogP contribution in [0.25, 0.3) is 22.4 Å². The Hall–Kier alpha value is -2.68. The molecule has 0 N–H and O–H groups in total. The van der Waals surface area contributed by atoms with Crippen molar-refractivity contribution in [3.63, 3.8) is 0 Å². The third-order valence-corrected chi connectivity index (χ3v) is 8.89. The van der Waals surface area contributed by atoms with Gasteiger partial charge in [0.1, 0.15) is 16.4 Å². The van der Waals surface area contributed by atoms with Gasteiger partial charge in [0.2, 0.25) is 0 Å². The lowest BCUT2D eigenvalue weighted by Crippen LogP contribution is -2.33. The van der Waals surface area contributed by atoms with Crippen molar-refractivity contribution in [2.24, 2.45) is 7.05 Å². The molecule has 2 aromatic heterocycles. The number of nitrogens with zero attached hydrogens (tertiary/aromatic N) is 3. The lowest BCUT2D eigenvalue weighted by atomic mass is 10.3. The Labute approximate surface area is 196 Å². The van der Waals surface area contributed by atoms with Crippen molar-refractivity contribution in [1.82, 2.24) is 4.57 Å². The van der Waals surface area contributed by atoms with Crippen molar-refractivity contribution in [2.75, 3.05) is 11.9 Å². The number of anilines is 1. The van der Waals surface area contributed by atoms with Crippen LogP contribution in [0.5, 0.6) is 0 Å². The minimum Gasteiger partial charge on any atom is -0.338 e. The van der Waals surface area contributed by atoms with Crippen LogP contribution in [0.3, 0.4) is 0 Å². The fourth-order valence-electron chi connectivity index (χ4n) is 3.80. The number of fused-ring (bicyclic) bond motifs is 2. The highest BCUT2D eigenvalue weighted by Gasteiger charge is 2.21. The third kappa shape index (κ3) is 3.52. The summed E-state index contributed by atoms with van der Waals surface area (Å²) in [6.45, 7) is 2.55. The van der Waals surface area contributed by atoms with Crippen molar-refractivity contribution in [2.45, 2.75) is 18.4 Å². The number of benzene rings is 2. The molecule has 0 saturated carbocycles.